The Labute approximate surface area is 165 Å². The summed E-state index contributed by atoms with van der Waals surface area (Å²) in [5, 5.41) is 15.5. The summed E-state index contributed by atoms with van der Waals surface area (Å²) in [4.78, 5) is 11.2. The number of hydrazone groups is 1. The average molecular weight is 482 g/mol. The third kappa shape index (κ3) is 3.30. The number of hydrogen-bond acceptors (Lipinski definition) is 6. The Morgan fingerprint density at radius 2 is 2.04 bits per heavy atom. The smallest absolute Gasteiger partial charge is 0.158 e. The number of nitrogens with zero attached hydrogens (tertiary/aromatic N) is 3. The quantitative estimate of drug-likeness (QED) is 0.396. The molecule has 2 heterocycles. The van der Waals surface area contributed by atoms with Gasteiger partial charge in [-0.15, -0.1) is 11.3 Å². The number of phenolic OH excluding ortho intramolecular Hbond substituents is 1. The number of aromatic hydroxyl groups is 1. The third-order valence-corrected chi connectivity index (χ3v) is 6.45. The van der Waals surface area contributed by atoms with Gasteiger partial charge in [0.15, 0.2) is 5.82 Å². The zero-order valence-corrected chi connectivity index (χ0v) is 17.1. The van der Waals surface area contributed by atoms with E-state index in [0.29, 0.717) is 15.9 Å². The molecule has 0 amide bonds. The van der Waals surface area contributed by atoms with Crippen LogP contribution in [-0.4, -0.2) is 21.3 Å². The van der Waals surface area contributed by atoms with Gasteiger partial charge in [-0.1, -0.05) is 15.9 Å². The first kappa shape index (κ1) is 16.9. The van der Waals surface area contributed by atoms with Crippen molar-refractivity contribution in [3.05, 3.63) is 43.4 Å². The molecule has 0 atom stereocenters. The summed E-state index contributed by atoms with van der Waals surface area (Å²) >= 11 is 8.49. The number of fused-ring (bicyclic) bond motifs is 3. The first-order valence-electron chi connectivity index (χ1n) is 7.86. The van der Waals surface area contributed by atoms with Crippen molar-refractivity contribution in [3.8, 4) is 5.75 Å². The van der Waals surface area contributed by atoms with E-state index < -0.39 is 0 Å². The Morgan fingerprint density at radius 1 is 1.20 bits per heavy atom. The number of thiophene rings is 1. The minimum atomic E-state index is 0.148. The van der Waals surface area contributed by atoms with Gasteiger partial charge in [-0.2, -0.15) is 5.10 Å². The van der Waals surface area contributed by atoms with E-state index in [9.17, 15) is 5.11 Å². The summed E-state index contributed by atoms with van der Waals surface area (Å²) in [5.41, 5.74) is 4.98. The van der Waals surface area contributed by atoms with Gasteiger partial charge >= 0.3 is 0 Å². The van der Waals surface area contributed by atoms with Crippen molar-refractivity contribution in [2.24, 2.45) is 5.10 Å². The van der Waals surface area contributed by atoms with Crippen LogP contribution in [0.1, 0.15) is 28.8 Å². The highest BCUT2D eigenvalue weighted by Gasteiger charge is 2.19. The van der Waals surface area contributed by atoms with Crippen LogP contribution in [0.5, 0.6) is 5.75 Å². The normalized spacial score (nSPS) is 14.2. The van der Waals surface area contributed by atoms with E-state index >= 15 is 0 Å². The van der Waals surface area contributed by atoms with Crippen LogP contribution in [0, 0.1) is 0 Å². The molecule has 1 aliphatic rings. The largest absolute Gasteiger partial charge is 0.506 e. The molecule has 0 fully saturated rings. The number of halogens is 2. The molecule has 4 rings (SSSR count). The minimum Gasteiger partial charge on any atom is -0.506 e. The molecular formula is C17H14Br2N4OS. The number of aromatic nitrogens is 2. The van der Waals surface area contributed by atoms with E-state index in [1.807, 2.05) is 0 Å². The van der Waals surface area contributed by atoms with Gasteiger partial charge < -0.3 is 5.11 Å². The highest BCUT2D eigenvalue weighted by molar-refractivity contribution is 9.11. The van der Waals surface area contributed by atoms with Crippen molar-refractivity contribution in [1.82, 2.24) is 9.97 Å². The van der Waals surface area contributed by atoms with E-state index in [2.05, 4.69) is 52.4 Å². The van der Waals surface area contributed by atoms with Crippen molar-refractivity contribution in [2.45, 2.75) is 25.7 Å². The van der Waals surface area contributed by atoms with Crippen molar-refractivity contribution in [2.75, 3.05) is 5.43 Å². The van der Waals surface area contributed by atoms with Gasteiger partial charge in [0.1, 0.15) is 16.9 Å². The molecule has 0 radical (unpaired) electrons. The molecule has 128 valence electrons. The predicted octanol–water partition coefficient (Wildman–Crippen LogP) is 5.25. The Bertz CT molecular complexity index is 986. The SMILES string of the molecule is Oc1c(Br)cc(Br)cc1C=NNc1ncnc2sc3c(c12)CCCC3. The molecule has 1 aromatic carbocycles. The van der Waals surface area contributed by atoms with E-state index in [1.54, 1.807) is 36.0 Å². The second-order valence-electron chi connectivity index (χ2n) is 5.81. The van der Waals surface area contributed by atoms with Crippen LogP contribution in [0.3, 0.4) is 0 Å². The fourth-order valence-corrected chi connectivity index (χ4v) is 5.51. The lowest BCUT2D eigenvalue weighted by Crippen LogP contribution is -2.01. The third-order valence-electron chi connectivity index (χ3n) is 4.18. The van der Waals surface area contributed by atoms with Crippen LogP contribution in [-0.2, 0) is 12.8 Å². The van der Waals surface area contributed by atoms with Crippen molar-refractivity contribution >= 4 is 65.4 Å². The molecule has 5 nitrogen and oxygen atoms in total. The van der Waals surface area contributed by atoms with Crippen LogP contribution in [0.25, 0.3) is 10.2 Å². The first-order valence-corrected chi connectivity index (χ1v) is 10.3. The van der Waals surface area contributed by atoms with Crippen LogP contribution < -0.4 is 5.43 Å². The number of anilines is 1. The summed E-state index contributed by atoms with van der Waals surface area (Å²) in [6.07, 6.45) is 7.79. The molecule has 0 unspecified atom stereocenters. The lowest BCUT2D eigenvalue weighted by Gasteiger charge is -2.11. The lowest BCUT2D eigenvalue weighted by atomic mass is 9.97. The van der Waals surface area contributed by atoms with E-state index in [0.717, 1.165) is 27.5 Å². The maximum Gasteiger partial charge on any atom is 0.158 e. The monoisotopic (exact) mass is 480 g/mol. The molecule has 0 aliphatic heterocycles. The second-order valence-corrected chi connectivity index (χ2v) is 8.66. The maximum absolute atomic E-state index is 10.1. The zero-order valence-electron chi connectivity index (χ0n) is 13.1. The van der Waals surface area contributed by atoms with Gasteiger partial charge in [0.25, 0.3) is 0 Å². The molecule has 0 saturated heterocycles. The molecule has 0 spiro atoms. The standard InChI is InChI=1S/C17H14Br2N4OS/c18-10-5-9(15(24)12(19)6-10)7-22-23-16-14-11-3-1-2-4-13(11)25-17(14)21-8-20-16/h5-8,24H,1-4H2,(H,20,21,23). The highest BCUT2D eigenvalue weighted by Crippen LogP contribution is 2.38. The Balaban J connectivity index is 1.67. The zero-order chi connectivity index (χ0) is 17.4. The topological polar surface area (TPSA) is 70.4 Å². The fraction of sp³-hybridized carbons (Fsp3) is 0.235. The molecule has 2 N–H and O–H groups in total. The molecule has 0 bridgehead atoms. The number of nitrogens with one attached hydrogen (secondary N) is 1. The predicted molar refractivity (Wildman–Crippen MR) is 109 cm³/mol. The summed E-state index contributed by atoms with van der Waals surface area (Å²) < 4.78 is 1.47. The molecule has 3 aromatic rings. The number of rotatable bonds is 3. The number of phenols is 1. The van der Waals surface area contributed by atoms with Gasteiger partial charge in [-0.05, 0) is 59.3 Å². The molecule has 1 aliphatic carbocycles. The van der Waals surface area contributed by atoms with Gasteiger partial charge in [-0.25, -0.2) is 9.97 Å². The Morgan fingerprint density at radius 3 is 2.92 bits per heavy atom. The van der Waals surface area contributed by atoms with Gasteiger partial charge in [-0.3, -0.25) is 5.43 Å². The molecule has 25 heavy (non-hydrogen) atoms. The Kier molecular flexibility index (Phi) is 4.75. The Hall–Kier alpha value is -1.51. The molecule has 0 saturated carbocycles. The fourth-order valence-electron chi connectivity index (χ4n) is 3.02. The molecule has 8 heteroatoms. The molecular weight excluding hydrogens is 468 g/mol. The van der Waals surface area contributed by atoms with Crippen molar-refractivity contribution < 1.29 is 5.11 Å². The van der Waals surface area contributed by atoms with E-state index in [-0.39, 0.29) is 5.75 Å². The maximum atomic E-state index is 10.1. The van der Waals surface area contributed by atoms with E-state index in [4.69, 9.17) is 0 Å². The van der Waals surface area contributed by atoms with Crippen LogP contribution in [0.2, 0.25) is 0 Å². The van der Waals surface area contributed by atoms with Crippen LogP contribution in [0.15, 0.2) is 32.5 Å². The van der Waals surface area contributed by atoms with Gasteiger partial charge in [0.05, 0.1) is 16.1 Å². The summed E-state index contributed by atoms with van der Waals surface area (Å²) in [5.74, 6) is 0.865. The molecule has 2 aromatic heterocycles. The first-order chi connectivity index (χ1) is 12.1. The van der Waals surface area contributed by atoms with Crippen LogP contribution >= 0.6 is 43.2 Å². The second kappa shape index (κ2) is 7.01. The number of benzene rings is 1. The lowest BCUT2D eigenvalue weighted by molar-refractivity contribution is 0.471. The summed E-state index contributed by atoms with van der Waals surface area (Å²) in [6.45, 7) is 0. The number of aryl methyl sites for hydroxylation is 2. The van der Waals surface area contributed by atoms with Crippen molar-refractivity contribution in [3.63, 3.8) is 0 Å². The van der Waals surface area contributed by atoms with Gasteiger partial charge in [0.2, 0.25) is 0 Å². The van der Waals surface area contributed by atoms with Crippen LogP contribution in [0.4, 0.5) is 5.82 Å². The highest BCUT2D eigenvalue weighted by atomic mass is 79.9. The van der Waals surface area contributed by atoms with Crippen molar-refractivity contribution in [1.29, 1.82) is 0 Å². The summed E-state index contributed by atoms with van der Waals surface area (Å²) in [7, 11) is 0. The minimum absolute atomic E-state index is 0.148. The number of hydrogen-bond donors (Lipinski definition) is 2. The average Bonchev–Trinajstić information content (AvgIpc) is 2.98. The van der Waals surface area contributed by atoms with Gasteiger partial charge in [0, 0.05) is 14.9 Å². The summed E-state index contributed by atoms with van der Waals surface area (Å²) in [6, 6.07) is 3.58. The van der Waals surface area contributed by atoms with E-state index in [1.165, 1.54) is 23.3 Å².